The minimum absolute atomic E-state index is 0.0205. The molecule has 1 heterocycles. The largest absolute Gasteiger partial charge is 0.353 e. The second kappa shape index (κ2) is 8.69. The highest BCUT2D eigenvalue weighted by Crippen LogP contribution is 2.27. The molecule has 2 rings (SSSR count). The van der Waals surface area contributed by atoms with E-state index >= 15 is 0 Å². The maximum atomic E-state index is 12.0. The van der Waals surface area contributed by atoms with Crippen molar-refractivity contribution in [3.05, 3.63) is 35.1 Å². The van der Waals surface area contributed by atoms with Gasteiger partial charge in [-0.1, -0.05) is 23.4 Å². The summed E-state index contributed by atoms with van der Waals surface area (Å²) in [5, 5.41) is 12.9. The van der Waals surface area contributed by atoms with E-state index < -0.39 is 0 Å². The Balaban J connectivity index is 2.33. The molecule has 0 unspecified atom stereocenters. The Kier molecular flexibility index (Phi) is 6.87. The lowest BCUT2D eigenvalue weighted by molar-refractivity contribution is -0.119. The molecule has 0 radical (unpaired) electrons. The van der Waals surface area contributed by atoms with Crippen molar-refractivity contribution in [1.29, 1.82) is 0 Å². The smallest absolute Gasteiger partial charge is 0.230 e. The SMILES string of the molecule is CC(C)NC(=O)CSc1nnc([C@H](C)N(C)C)n1-c1ccc(Cl)cc1. The molecule has 1 amide bonds. The molecule has 1 N–H and O–H groups in total. The van der Waals surface area contributed by atoms with E-state index in [2.05, 4.69) is 27.3 Å². The molecule has 0 aliphatic rings. The van der Waals surface area contributed by atoms with Gasteiger partial charge in [0.25, 0.3) is 0 Å². The van der Waals surface area contributed by atoms with Crippen LogP contribution in [0, 0.1) is 0 Å². The molecule has 6 nitrogen and oxygen atoms in total. The van der Waals surface area contributed by atoms with Crippen molar-refractivity contribution in [2.45, 2.75) is 38.0 Å². The zero-order valence-electron chi connectivity index (χ0n) is 15.2. The second-order valence-electron chi connectivity index (χ2n) is 6.30. The maximum absolute atomic E-state index is 12.0. The molecule has 25 heavy (non-hydrogen) atoms. The number of carbonyl (C=O) groups is 1. The number of thioether (sulfide) groups is 1. The summed E-state index contributed by atoms with van der Waals surface area (Å²) in [4.78, 5) is 14.0. The Hall–Kier alpha value is -1.57. The highest BCUT2D eigenvalue weighted by molar-refractivity contribution is 7.99. The third-order valence-corrected chi connectivity index (χ3v) is 4.85. The molecule has 0 fully saturated rings. The molecule has 0 bridgehead atoms. The van der Waals surface area contributed by atoms with Gasteiger partial charge in [-0.2, -0.15) is 0 Å². The number of hydrogen-bond donors (Lipinski definition) is 1. The lowest BCUT2D eigenvalue weighted by Crippen LogP contribution is -2.31. The molecule has 136 valence electrons. The van der Waals surface area contributed by atoms with Crippen LogP contribution in [0.5, 0.6) is 0 Å². The van der Waals surface area contributed by atoms with Gasteiger partial charge in [-0.15, -0.1) is 10.2 Å². The predicted molar refractivity (Wildman–Crippen MR) is 102 cm³/mol. The first-order valence-electron chi connectivity index (χ1n) is 8.09. The van der Waals surface area contributed by atoms with Gasteiger partial charge in [-0.05, 0) is 59.1 Å². The zero-order valence-corrected chi connectivity index (χ0v) is 16.7. The summed E-state index contributed by atoms with van der Waals surface area (Å²) < 4.78 is 1.98. The number of nitrogens with zero attached hydrogens (tertiary/aromatic N) is 4. The van der Waals surface area contributed by atoms with Crippen LogP contribution in [0.1, 0.15) is 32.6 Å². The van der Waals surface area contributed by atoms with Crippen molar-refractivity contribution < 1.29 is 4.79 Å². The van der Waals surface area contributed by atoms with Gasteiger partial charge in [-0.3, -0.25) is 14.3 Å². The van der Waals surface area contributed by atoms with Crippen LogP contribution in [0.4, 0.5) is 0 Å². The normalized spacial score (nSPS) is 12.6. The fraction of sp³-hybridized carbons (Fsp3) is 0.471. The van der Waals surface area contributed by atoms with Crippen molar-refractivity contribution in [2.24, 2.45) is 0 Å². The number of carbonyl (C=O) groups excluding carboxylic acids is 1. The van der Waals surface area contributed by atoms with Gasteiger partial charge in [0.2, 0.25) is 5.91 Å². The van der Waals surface area contributed by atoms with Gasteiger partial charge in [0.15, 0.2) is 11.0 Å². The number of aromatic nitrogens is 3. The quantitative estimate of drug-likeness (QED) is 0.746. The van der Waals surface area contributed by atoms with Crippen molar-refractivity contribution in [1.82, 2.24) is 25.0 Å². The summed E-state index contributed by atoms with van der Waals surface area (Å²) in [6, 6.07) is 7.71. The maximum Gasteiger partial charge on any atom is 0.230 e. The zero-order chi connectivity index (χ0) is 18.6. The van der Waals surface area contributed by atoms with Gasteiger partial charge in [0, 0.05) is 16.8 Å². The monoisotopic (exact) mass is 381 g/mol. The van der Waals surface area contributed by atoms with Crippen LogP contribution in [0.3, 0.4) is 0 Å². The second-order valence-corrected chi connectivity index (χ2v) is 7.68. The molecule has 0 spiro atoms. The highest BCUT2D eigenvalue weighted by Gasteiger charge is 2.21. The molecule has 0 aliphatic heterocycles. The molecular formula is C17H24ClN5OS. The van der Waals surface area contributed by atoms with Crippen LogP contribution in [-0.4, -0.2) is 51.5 Å². The van der Waals surface area contributed by atoms with Crippen LogP contribution >= 0.6 is 23.4 Å². The Labute approximate surface area is 157 Å². The van der Waals surface area contributed by atoms with Crippen LogP contribution < -0.4 is 5.32 Å². The van der Waals surface area contributed by atoms with E-state index in [1.165, 1.54) is 11.8 Å². The number of benzene rings is 1. The Morgan fingerprint density at radius 2 is 1.88 bits per heavy atom. The predicted octanol–water partition coefficient (Wildman–Crippen LogP) is 3.16. The van der Waals surface area contributed by atoms with Gasteiger partial charge in [0.1, 0.15) is 0 Å². The average Bonchev–Trinajstić information content (AvgIpc) is 2.96. The average molecular weight is 382 g/mol. The Morgan fingerprint density at radius 3 is 2.44 bits per heavy atom. The highest BCUT2D eigenvalue weighted by atomic mass is 35.5. The molecule has 0 saturated carbocycles. The molecule has 1 atom stereocenters. The van der Waals surface area contributed by atoms with E-state index in [4.69, 9.17) is 11.6 Å². The molecule has 0 saturated heterocycles. The first-order chi connectivity index (χ1) is 11.8. The van der Waals surface area contributed by atoms with E-state index in [9.17, 15) is 4.79 Å². The first-order valence-corrected chi connectivity index (χ1v) is 9.45. The standard InChI is InChI=1S/C17H24ClN5OS/c1-11(2)19-15(24)10-25-17-21-20-16(12(3)22(4)5)23(17)14-8-6-13(18)7-9-14/h6-9,11-12H,10H2,1-5H3,(H,19,24)/t12-/m0/s1. The summed E-state index contributed by atoms with van der Waals surface area (Å²) in [5.41, 5.74) is 0.921. The fourth-order valence-electron chi connectivity index (χ4n) is 2.20. The van der Waals surface area contributed by atoms with E-state index in [1.54, 1.807) is 0 Å². The minimum Gasteiger partial charge on any atom is -0.353 e. The number of halogens is 1. The molecule has 2 aromatic rings. The summed E-state index contributed by atoms with van der Waals surface area (Å²) in [7, 11) is 3.99. The van der Waals surface area contributed by atoms with Gasteiger partial charge in [-0.25, -0.2) is 0 Å². The fourth-order valence-corrected chi connectivity index (χ4v) is 3.10. The summed E-state index contributed by atoms with van der Waals surface area (Å²) in [5.74, 6) is 1.09. The van der Waals surface area contributed by atoms with Crippen molar-refractivity contribution >= 4 is 29.3 Å². The summed E-state index contributed by atoms with van der Waals surface area (Å²) in [6.45, 7) is 5.95. The third-order valence-electron chi connectivity index (χ3n) is 3.67. The van der Waals surface area contributed by atoms with Crippen molar-refractivity contribution in [3.63, 3.8) is 0 Å². The summed E-state index contributed by atoms with van der Waals surface area (Å²) >= 11 is 7.38. The van der Waals surface area contributed by atoms with E-state index in [0.717, 1.165) is 11.5 Å². The van der Waals surface area contributed by atoms with E-state index in [1.807, 2.05) is 56.8 Å². The molecular weight excluding hydrogens is 358 g/mol. The lowest BCUT2D eigenvalue weighted by Gasteiger charge is -2.20. The van der Waals surface area contributed by atoms with Crippen LogP contribution in [0.25, 0.3) is 5.69 Å². The van der Waals surface area contributed by atoms with E-state index in [-0.39, 0.29) is 18.0 Å². The van der Waals surface area contributed by atoms with Crippen molar-refractivity contribution in [3.8, 4) is 5.69 Å². The molecule has 8 heteroatoms. The topological polar surface area (TPSA) is 63.1 Å². The van der Waals surface area contributed by atoms with Gasteiger partial charge >= 0.3 is 0 Å². The Bertz CT molecular complexity index is 714. The van der Waals surface area contributed by atoms with Gasteiger partial charge < -0.3 is 5.32 Å². The molecule has 0 aliphatic carbocycles. The van der Waals surface area contributed by atoms with Gasteiger partial charge in [0.05, 0.1) is 11.8 Å². The molecule has 1 aromatic heterocycles. The summed E-state index contributed by atoms with van der Waals surface area (Å²) in [6.07, 6.45) is 0. The van der Waals surface area contributed by atoms with Crippen molar-refractivity contribution in [2.75, 3.05) is 19.8 Å². The van der Waals surface area contributed by atoms with Crippen LogP contribution in [0.2, 0.25) is 5.02 Å². The minimum atomic E-state index is -0.0205. The van der Waals surface area contributed by atoms with Crippen LogP contribution in [-0.2, 0) is 4.79 Å². The number of nitrogens with one attached hydrogen (secondary N) is 1. The van der Waals surface area contributed by atoms with Crippen LogP contribution in [0.15, 0.2) is 29.4 Å². The number of hydrogen-bond acceptors (Lipinski definition) is 5. The number of amides is 1. The molecule has 1 aromatic carbocycles. The number of rotatable bonds is 7. The lowest BCUT2D eigenvalue weighted by atomic mass is 10.2. The Morgan fingerprint density at radius 1 is 1.24 bits per heavy atom. The first kappa shape index (κ1) is 19.8. The van der Waals surface area contributed by atoms with E-state index in [0.29, 0.717) is 15.9 Å². The third kappa shape index (κ3) is 5.20.